The van der Waals surface area contributed by atoms with Crippen LogP contribution >= 0.6 is 0 Å². The number of ether oxygens (including phenoxy) is 1. The lowest BCUT2D eigenvalue weighted by Crippen LogP contribution is -2.42. The number of rotatable bonds is 7. The van der Waals surface area contributed by atoms with Crippen molar-refractivity contribution in [1.82, 2.24) is 5.32 Å². The highest BCUT2D eigenvalue weighted by Crippen LogP contribution is 2.29. The minimum atomic E-state index is -0.986. The molecule has 3 N–H and O–H groups in total. The first kappa shape index (κ1) is 18.4. The fraction of sp³-hybridized carbons (Fsp3) is 0.250. The van der Waals surface area contributed by atoms with E-state index in [9.17, 15) is 19.5 Å². The van der Waals surface area contributed by atoms with E-state index >= 15 is 0 Å². The van der Waals surface area contributed by atoms with Gasteiger partial charge in [-0.05, 0) is 24.1 Å². The van der Waals surface area contributed by atoms with Gasteiger partial charge in [0.2, 0.25) is 5.91 Å². The van der Waals surface area contributed by atoms with Gasteiger partial charge in [0.15, 0.2) is 6.10 Å². The zero-order chi connectivity index (χ0) is 19.2. The standard InChI is InChI=1S/C20H20N2O5/c23-18(11-17-19(24)22-15-8-4-5-9-16(15)27-17)21-12-14(20(25)26)10-13-6-2-1-3-7-13/h1-9,14,17H,10-12H2,(H,21,23)(H,22,24)(H,25,26). The number of hydrogen-bond acceptors (Lipinski definition) is 4. The molecule has 2 aromatic rings. The lowest BCUT2D eigenvalue weighted by Gasteiger charge is -2.25. The van der Waals surface area contributed by atoms with Gasteiger partial charge in [0, 0.05) is 6.54 Å². The van der Waals surface area contributed by atoms with Crippen molar-refractivity contribution in [3.05, 3.63) is 60.2 Å². The van der Waals surface area contributed by atoms with Gasteiger partial charge in [-0.1, -0.05) is 42.5 Å². The van der Waals surface area contributed by atoms with Crippen molar-refractivity contribution in [3.63, 3.8) is 0 Å². The molecule has 0 bridgehead atoms. The van der Waals surface area contributed by atoms with E-state index in [1.807, 2.05) is 30.3 Å². The zero-order valence-corrected chi connectivity index (χ0v) is 14.6. The first-order chi connectivity index (χ1) is 13.0. The second-order valence-electron chi connectivity index (χ2n) is 6.32. The maximum absolute atomic E-state index is 12.2. The van der Waals surface area contributed by atoms with Crippen LogP contribution in [0.5, 0.6) is 5.75 Å². The molecule has 2 unspecified atom stereocenters. The summed E-state index contributed by atoms with van der Waals surface area (Å²) in [7, 11) is 0. The fourth-order valence-electron chi connectivity index (χ4n) is 2.85. The van der Waals surface area contributed by atoms with Crippen LogP contribution < -0.4 is 15.4 Å². The molecule has 7 heteroatoms. The van der Waals surface area contributed by atoms with E-state index in [4.69, 9.17) is 4.74 Å². The molecule has 0 saturated carbocycles. The van der Waals surface area contributed by atoms with Gasteiger partial charge in [-0.15, -0.1) is 0 Å². The van der Waals surface area contributed by atoms with Crippen molar-refractivity contribution in [2.24, 2.45) is 5.92 Å². The Balaban J connectivity index is 1.54. The Kier molecular flexibility index (Phi) is 5.71. The molecule has 3 rings (SSSR count). The lowest BCUT2D eigenvalue weighted by molar-refractivity contribution is -0.141. The quantitative estimate of drug-likeness (QED) is 0.692. The molecular weight excluding hydrogens is 348 g/mol. The van der Waals surface area contributed by atoms with Crippen LogP contribution in [-0.2, 0) is 20.8 Å². The minimum absolute atomic E-state index is 0.0199. The molecular formula is C20H20N2O5. The Labute approximate surface area is 156 Å². The molecule has 27 heavy (non-hydrogen) atoms. The number of fused-ring (bicyclic) bond motifs is 1. The van der Waals surface area contributed by atoms with Crippen LogP contribution in [0.3, 0.4) is 0 Å². The number of aliphatic carboxylic acids is 1. The number of anilines is 1. The van der Waals surface area contributed by atoms with Gasteiger partial charge in [-0.2, -0.15) is 0 Å². The second-order valence-corrected chi connectivity index (χ2v) is 6.32. The Hall–Kier alpha value is -3.35. The van der Waals surface area contributed by atoms with Crippen molar-refractivity contribution in [3.8, 4) is 5.75 Å². The summed E-state index contributed by atoms with van der Waals surface area (Å²) in [5, 5.41) is 14.7. The summed E-state index contributed by atoms with van der Waals surface area (Å²) >= 11 is 0. The van der Waals surface area contributed by atoms with Crippen LogP contribution in [0.4, 0.5) is 5.69 Å². The Morgan fingerprint density at radius 3 is 2.56 bits per heavy atom. The number of carbonyl (C=O) groups excluding carboxylic acids is 2. The number of carboxylic acid groups (broad SMARTS) is 1. The molecule has 140 valence electrons. The first-order valence-electron chi connectivity index (χ1n) is 8.63. The van der Waals surface area contributed by atoms with Gasteiger partial charge >= 0.3 is 5.97 Å². The van der Waals surface area contributed by atoms with E-state index in [0.717, 1.165) is 5.56 Å². The number of hydrogen-bond donors (Lipinski definition) is 3. The molecule has 0 fully saturated rings. The van der Waals surface area contributed by atoms with E-state index in [2.05, 4.69) is 10.6 Å². The number of carbonyl (C=O) groups is 3. The van der Waals surface area contributed by atoms with Crippen LogP contribution in [0.15, 0.2) is 54.6 Å². The largest absolute Gasteiger partial charge is 0.481 e. The summed E-state index contributed by atoms with van der Waals surface area (Å²) in [6, 6.07) is 16.2. The van der Waals surface area contributed by atoms with E-state index in [0.29, 0.717) is 17.9 Å². The maximum Gasteiger partial charge on any atom is 0.308 e. The summed E-state index contributed by atoms with van der Waals surface area (Å²) in [5.74, 6) is -2.07. The van der Waals surface area contributed by atoms with Crippen molar-refractivity contribution in [2.45, 2.75) is 18.9 Å². The Morgan fingerprint density at radius 1 is 1.11 bits per heavy atom. The van der Waals surface area contributed by atoms with Gasteiger partial charge in [0.25, 0.3) is 5.91 Å². The Bertz CT molecular complexity index is 837. The summed E-state index contributed by atoms with van der Waals surface area (Å²) in [6.45, 7) is -0.0199. The molecule has 1 aliphatic heterocycles. The normalized spacial score (nSPS) is 16.4. The number of carboxylic acids is 1. The highest BCUT2D eigenvalue weighted by atomic mass is 16.5. The van der Waals surface area contributed by atoms with E-state index in [-0.39, 0.29) is 13.0 Å². The SMILES string of the molecule is O=C(CC1Oc2ccccc2NC1=O)NCC(Cc1ccccc1)C(=O)O. The van der Waals surface area contributed by atoms with Gasteiger partial charge < -0.3 is 20.5 Å². The smallest absolute Gasteiger partial charge is 0.308 e. The third-order valence-corrected chi connectivity index (χ3v) is 4.30. The average Bonchev–Trinajstić information content (AvgIpc) is 2.66. The van der Waals surface area contributed by atoms with E-state index in [1.165, 1.54) is 0 Å². The Morgan fingerprint density at radius 2 is 1.81 bits per heavy atom. The van der Waals surface area contributed by atoms with Crippen LogP contribution in [0.2, 0.25) is 0 Å². The van der Waals surface area contributed by atoms with Crippen molar-refractivity contribution in [1.29, 1.82) is 0 Å². The summed E-state index contributed by atoms with van der Waals surface area (Å²) in [6.07, 6.45) is -0.820. The van der Waals surface area contributed by atoms with Crippen molar-refractivity contribution >= 4 is 23.5 Å². The number of amides is 2. The highest BCUT2D eigenvalue weighted by molar-refractivity contribution is 5.99. The topological polar surface area (TPSA) is 105 Å². The number of nitrogens with one attached hydrogen (secondary N) is 2. The maximum atomic E-state index is 12.2. The van der Waals surface area contributed by atoms with Crippen LogP contribution in [-0.4, -0.2) is 35.5 Å². The molecule has 0 radical (unpaired) electrons. The van der Waals surface area contributed by atoms with Crippen molar-refractivity contribution < 1.29 is 24.2 Å². The average molecular weight is 368 g/mol. The van der Waals surface area contributed by atoms with Crippen LogP contribution in [0.25, 0.3) is 0 Å². The fourth-order valence-corrected chi connectivity index (χ4v) is 2.85. The second kappa shape index (κ2) is 8.35. The summed E-state index contributed by atoms with van der Waals surface area (Å²) < 4.78 is 5.58. The number of benzene rings is 2. The molecule has 1 aliphatic rings. The molecule has 2 amide bonds. The predicted molar refractivity (Wildman–Crippen MR) is 98.4 cm³/mol. The zero-order valence-electron chi connectivity index (χ0n) is 14.6. The third-order valence-electron chi connectivity index (χ3n) is 4.30. The summed E-state index contributed by atoms with van der Waals surface area (Å²) in [5.41, 5.74) is 1.44. The van der Waals surface area contributed by atoms with E-state index < -0.39 is 29.8 Å². The molecule has 0 aromatic heterocycles. The molecule has 0 spiro atoms. The molecule has 7 nitrogen and oxygen atoms in total. The third kappa shape index (κ3) is 4.84. The van der Waals surface area contributed by atoms with Crippen LogP contribution in [0, 0.1) is 5.92 Å². The molecule has 0 aliphatic carbocycles. The molecule has 2 aromatic carbocycles. The van der Waals surface area contributed by atoms with Gasteiger partial charge in [-0.3, -0.25) is 14.4 Å². The number of para-hydroxylation sites is 2. The molecule has 1 heterocycles. The lowest BCUT2D eigenvalue weighted by atomic mass is 9.99. The molecule has 0 saturated heterocycles. The predicted octanol–water partition coefficient (Wildman–Crippen LogP) is 1.84. The van der Waals surface area contributed by atoms with Gasteiger partial charge in [0.05, 0.1) is 18.0 Å². The van der Waals surface area contributed by atoms with E-state index in [1.54, 1.807) is 24.3 Å². The van der Waals surface area contributed by atoms with Gasteiger partial charge in [0.1, 0.15) is 5.75 Å². The first-order valence-corrected chi connectivity index (χ1v) is 8.63. The van der Waals surface area contributed by atoms with Crippen molar-refractivity contribution in [2.75, 3.05) is 11.9 Å². The van der Waals surface area contributed by atoms with Gasteiger partial charge in [-0.25, -0.2) is 0 Å². The summed E-state index contributed by atoms with van der Waals surface area (Å²) in [4.78, 5) is 35.7. The highest BCUT2D eigenvalue weighted by Gasteiger charge is 2.30. The van der Waals surface area contributed by atoms with Crippen LogP contribution in [0.1, 0.15) is 12.0 Å². The minimum Gasteiger partial charge on any atom is -0.481 e. The monoisotopic (exact) mass is 368 g/mol. The molecule has 2 atom stereocenters.